The number of rotatable bonds is 7. The van der Waals surface area contributed by atoms with Gasteiger partial charge in [0.1, 0.15) is 11.6 Å². The number of nitriles is 1. The summed E-state index contributed by atoms with van der Waals surface area (Å²) in [5.74, 6) is 1.45. The second kappa shape index (κ2) is 10.7. The van der Waals surface area contributed by atoms with Crippen LogP contribution < -0.4 is 16.4 Å². The summed E-state index contributed by atoms with van der Waals surface area (Å²) in [6, 6.07) is 10.5. The average Bonchev–Trinajstić information content (AvgIpc) is 2.86. The Kier molecular flexibility index (Phi) is 7.66. The highest BCUT2D eigenvalue weighted by Gasteiger charge is 2.32. The van der Waals surface area contributed by atoms with Gasteiger partial charge in [-0.15, -0.1) is 0 Å². The zero-order valence-corrected chi connectivity index (χ0v) is 19.6. The summed E-state index contributed by atoms with van der Waals surface area (Å²) in [7, 11) is 1.71. The normalized spacial score (nSPS) is 24.6. The molecular formula is C24H31ClN6O2. The molecule has 3 atom stereocenters. The van der Waals surface area contributed by atoms with Crippen LogP contribution in [0.4, 0.5) is 11.6 Å². The van der Waals surface area contributed by atoms with E-state index in [1.165, 1.54) is 0 Å². The fraction of sp³-hybridized carbons (Fsp3) is 0.542. The highest BCUT2D eigenvalue weighted by molar-refractivity contribution is 6.33. The molecule has 2 aromatic rings. The topological polar surface area (TPSA) is 118 Å². The molecule has 0 unspecified atom stereocenters. The van der Waals surface area contributed by atoms with Gasteiger partial charge in [-0.1, -0.05) is 17.7 Å². The summed E-state index contributed by atoms with van der Waals surface area (Å²) < 4.78 is 10.9. The van der Waals surface area contributed by atoms with Crippen LogP contribution >= 0.6 is 11.6 Å². The minimum atomic E-state index is -0.427. The van der Waals surface area contributed by atoms with Gasteiger partial charge in [0.05, 0.1) is 28.3 Å². The Labute approximate surface area is 199 Å². The number of nitrogens with two attached hydrogens (primary N) is 1. The lowest BCUT2D eigenvalue weighted by atomic mass is 9.82. The van der Waals surface area contributed by atoms with Crippen LogP contribution in [0.2, 0.25) is 5.02 Å². The number of hydrogen-bond acceptors (Lipinski definition) is 8. The summed E-state index contributed by atoms with van der Waals surface area (Å²) in [5.41, 5.74) is 7.26. The summed E-state index contributed by atoms with van der Waals surface area (Å²) in [6.07, 6.45) is 5.83. The van der Waals surface area contributed by atoms with Gasteiger partial charge in [-0.05, 0) is 50.3 Å². The van der Waals surface area contributed by atoms with Crippen molar-refractivity contribution in [2.45, 2.75) is 50.3 Å². The molecule has 9 heteroatoms. The van der Waals surface area contributed by atoms with Crippen molar-refractivity contribution < 1.29 is 9.47 Å². The maximum absolute atomic E-state index is 9.69. The third kappa shape index (κ3) is 5.74. The van der Waals surface area contributed by atoms with Crippen LogP contribution in [0.1, 0.15) is 32.1 Å². The molecule has 0 amide bonds. The highest BCUT2D eigenvalue weighted by atomic mass is 35.5. The van der Waals surface area contributed by atoms with Crippen molar-refractivity contribution in [3.05, 3.63) is 35.5 Å². The van der Waals surface area contributed by atoms with Gasteiger partial charge in [0.15, 0.2) is 0 Å². The summed E-state index contributed by atoms with van der Waals surface area (Å²) in [6.45, 7) is 1.76. The number of anilines is 2. The van der Waals surface area contributed by atoms with E-state index in [2.05, 4.69) is 21.7 Å². The van der Waals surface area contributed by atoms with Gasteiger partial charge in [0.25, 0.3) is 0 Å². The number of aromatic nitrogens is 2. The van der Waals surface area contributed by atoms with Crippen molar-refractivity contribution in [2.75, 3.05) is 37.5 Å². The number of pyridine rings is 2. The van der Waals surface area contributed by atoms with Crippen molar-refractivity contribution in [1.29, 1.82) is 5.26 Å². The summed E-state index contributed by atoms with van der Waals surface area (Å²) >= 11 is 6.49. The van der Waals surface area contributed by atoms with Crippen LogP contribution in [0.15, 0.2) is 30.5 Å². The fourth-order valence-corrected chi connectivity index (χ4v) is 4.71. The van der Waals surface area contributed by atoms with Crippen LogP contribution in [0, 0.1) is 16.7 Å². The molecule has 4 N–H and O–H groups in total. The molecule has 2 aromatic heterocycles. The first kappa shape index (κ1) is 23.7. The van der Waals surface area contributed by atoms with Gasteiger partial charge < -0.3 is 25.8 Å². The summed E-state index contributed by atoms with van der Waals surface area (Å²) in [4.78, 5) is 9.21. The molecule has 4 rings (SSSR count). The van der Waals surface area contributed by atoms with Crippen molar-refractivity contribution in [1.82, 2.24) is 9.97 Å². The van der Waals surface area contributed by atoms with Crippen LogP contribution in [0.3, 0.4) is 0 Å². The molecular weight excluding hydrogens is 440 g/mol. The van der Waals surface area contributed by atoms with Crippen LogP contribution in [-0.2, 0) is 9.47 Å². The first-order chi connectivity index (χ1) is 16.0. The van der Waals surface area contributed by atoms with E-state index in [1.807, 2.05) is 24.3 Å². The third-order valence-electron chi connectivity index (χ3n) is 6.67. The van der Waals surface area contributed by atoms with Crippen LogP contribution in [0.25, 0.3) is 11.3 Å². The van der Waals surface area contributed by atoms with E-state index in [-0.39, 0.29) is 18.2 Å². The van der Waals surface area contributed by atoms with Gasteiger partial charge in [0.2, 0.25) is 0 Å². The number of nitrogens with zero attached hydrogens (tertiary/aromatic N) is 3. The van der Waals surface area contributed by atoms with E-state index in [0.29, 0.717) is 30.6 Å². The first-order valence-corrected chi connectivity index (χ1v) is 11.8. The van der Waals surface area contributed by atoms with Crippen molar-refractivity contribution in [3.63, 3.8) is 0 Å². The van der Waals surface area contributed by atoms with Crippen molar-refractivity contribution in [3.8, 4) is 17.3 Å². The zero-order valence-electron chi connectivity index (χ0n) is 18.9. The Bertz CT molecular complexity index is 991. The van der Waals surface area contributed by atoms with E-state index in [0.717, 1.165) is 49.2 Å². The number of methoxy groups -OCH3 is 1. The van der Waals surface area contributed by atoms with E-state index in [1.54, 1.807) is 13.3 Å². The van der Waals surface area contributed by atoms with Gasteiger partial charge in [-0.25, -0.2) is 9.97 Å². The largest absolute Gasteiger partial charge is 0.381 e. The van der Waals surface area contributed by atoms with Gasteiger partial charge >= 0.3 is 0 Å². The Hall–Kier alpha value is -2.44. The molecule has 1 aliphatic carbocycles. The SMILES string of the molecule is CO[C@H]1C[C@H](Nc2cc(-c3cccc(NCC4(C#N)CCOCC4)n3)c(Cl)cn2)CC[C@H]1N. The summed E-state index contributed by atoms with van der Waals surface area (Å²) in [5, 5.41) is 17.1. The molecule has 3 heterocycles. The smallest absolute Gasteiger partial charge is 0.126 e. The molecule has 0 bridgehead atoms. The lowest BCUT2D eigenvalue weighted by molar-refractivity contribution is 0.0455. The lowest BCUT2D eigenvalue weighted by Crippen LogP contribution is -2.45. The van der Waals surface area contributed by atoms with Gasteiger partial charge in [-0.3, -0.25) is 0 Å². The number of halogens is 1. The quantitative estimate of drug-likeness (QED) is 0.558. The zero-order chi connectivity index (χ0) is 23.3. The van der Waals surface area contributed by atoms with Gasteiger partial charge in [0, 0.05) is 50.7 Å². The van der Waals surface area contributed by atoms with E-state index in [4.69, 9.17) is 31.8 Å². The molecule has 8 nitrogen and oxygen atoms in total. The molecule has 33 heavy (non-hydrogen) atoms. The number of ether oxygens (including phenoxy) is 2. The van der Waals surface area contributed by atoms with E-state index in [9.17, 15) is 5.26 Å². The van der Waals surface area contributed by atoms with Crippen molar-refractivity contribution >= 4 is 23.2 Å². The number of nitrogens with one attached hydrogen (secondary N) is 2. The monoisotopic (exact) mass is 470 g/mol. The molecule has 0 radical (unpaired) electrons. The minimum absolute atomic E-state index is 0.0416. The molecule has 1 saturated carbocycles. The standard InChI is InChI=1S/C24H31ClN6O2/c1-32-21-11-16(5-6-19(21)27)30-23-12-17(18(25)13-28-23)20-3-2-4-22(31-20)29-15-24(14-26)7-9-33-10-8-24/h2-4,12-13,16,19,21H,5-11,15,27H2,1H3,(H,28,30)(H,29,31)/t16-,19-,21+/m1/s1. The Morgan fingerprint density at radius 2 is 2.12 bits per heavy atom. The maximum Gasteiger partial charge on any atom is 0.126 e. The van der Waals surface area contributed by atoms with E-state index >= 15 is 0 Å². The highest BCUT2D eigenvalue weighted by Crippen LogP contribution is 2.32. The van der Waals surface area contributed by atoms with Crippen molar-refractivity contribution in [2.24, 2.45) is 11.1 Å². The molecule has 0 spiro atoms. The first-order valence-electron chi connectivity index (χ1n) is 11.4. The maximum atomic E-state index is 9.69. The molecule has 2 fully saturated rings. The molecule has 1 saturated heterocycles. The molecule has 2 aliphatic rings. The second-order valence-corrected chi connectivity index (χ2v) is 9.32. The Morgan fingerprint density at radius 3 is 2.88 bits per heavy atom. The number of hydrogen-bond donors (Lipinski definition) is 3. The predicted octanol–water partition coefficient (Wildman–Crippen LogP) is 3.84. The van der Waals surface area contributed by atoms with Crippen LogP contribution in [0.5, 0.6) is 0 Å². The molecule has 0 aromatic carbocycles. The fourth-order valence-electron chi connectivity index (χ4n) is 4.51. The lowest BCUT2D eigenvalue weighted by Gasteiger charge is -2.33. The average molecular weight is 471 g/mol. The third-order valence-corrected chi connectivity index (χ3v) is 6.97. The minimum Gasteiger partial charge on any atom is -0.381 e. The molecule has 1 aliphatic heterocycles. The second-order valence-electron chi connectivity index (χ2n) is 8.91. The molecule has 176 valence electrons. The predicted molar refractivity (Wildman–Crippen MR) is 129 cm³/mol. The van der Waals surface area contributed by atoms with Gasteiger partial charge in [-0.2, -0.15) is 5.26 Å². The Morgan fingerprint density at radius 1 is 1.30 bits per heavy atom. The Balaban J connectivity index is 1.47. The van der Waals surface area contributed by atoms with Crippen LogP contribution in [-0.4, -0.2) is 55.0 Å². The van der Waals surface area contributed by atoms with E-state index < -0.39 is 5.41 Å².